The Morgan fingerprint density at radius 2 is 1.63 bits per heavy atom. The van der Waals surface area contributed by atoms with Gasteiger partial charge in [-0.1, -0.05) is 42.5 Å². The molecule has 0 radical (unpaired) electrons. The van der Waals surface area contributed by atoms with Crippen molar-refractivity contribution in [3.05, 3.63) is 100 Å². The lowest BCUT2D eigenvalue weighted by Gasteiger charge is -2.39. The highest BCUT2D eigenvalue weighted by atomic mass is 19.4. The van der Waals surface area contributed by atoms with Gasteiger partial charge in [-0.05, 0) is 50.5 Å². The Morgan fingerprint density at radius 3 is 2.24 bits per heavy atom. The van der Waals surface area contributed by atoms with Gasteiger partial charge in [-0.2, -0.15) is 13.2 Å². The molecule has 1 saturated heterocycles. The smallest absolute Gasteiger partial charge is 0.422 e. The van der Waals surface area contributed by atoms with Gasteiger partial charge in [-0.25, -0.2) is 4.79 Å². The van der Waals surface area contributed by atoms with Crippen LogP contribution in [0, 0.1) is 10.1 Å². The Labute approximate surface area is 262 Å². The largest absolute Gasteiger partial charge is 0.486 e. The summed E-state index contributed by atoms with van der Waals surface area (Å²) in [7, 11) is 0. The molecular formula is C33H34F3N3O7. The molecule has 244 valence electrons. The lowest BCUT2D eigenvalue weighted by molar-refractivity contribution is -0.384. The van der Waals surface area contributed by atoms with Crippen LogP contribution in [0.1, 0.15) is 37.8 Å². The first-order valence-corrected chi connectivity index (χ1v) is 14.7. The number of carboxylic acid groups (broad SMARTS) is 1. The summed E-state index contributed by atoms with van der Waals surface area (Å²) < 4.78 is 57.8. The van der Waals surface area contributed by atoms with Gasteiger partial charge in [0.25, 0.3) is 5.69 Å². The van der Waals surface area contributed by atoms with Gasteiger partial charge in [-0.15, -0.1) is 0 Å². The Kier molecular flexibility index (Phi) is 9.00. The number of para-hydroxylation sites is 2. The molecule has 2 N–H and O–H groups in total. The van der Waals surface area contributed by atoms with E-state index in [9.17, 15) is 38.3 Å². The minimum absolute atomic E-state index is 0.0699. The number of fused-ring (bicyclic) bond motifs is 1. The van der Waals surface area contributed by atoms with E-state index in [2.05, 4.69) is 0 Å². The summed E-state index contributed by atoms with van der Waals surface area (Å²) in [6.45, 7) is 2.57. The molecule has 13 heteroatoms. The van der Waals surface area contributed by atoms with Gasteiger partial charge in [-0.3, -0.25) is 15.0 Å². The fraction of sp³-hybridized carbons (Fsp3) is 0.364. The number of aliphatic hydroxyl groups is 1. The molecule has 0 aliphatic carbocycles. The molecule has 0 saturated carbocycles. The summed E-state index contributed by atoms with van der Waals surface area (Å²) in [5.41, 5.74) is -4.47. The first-order valence-electron chi connectivity index (χ1n) is 14.7. The summed E-state index contributed by atoms with van der Waals surface area (Å²) in [6.07, 6.45) is -3.54. The number of aliphatic carboxylic acids is 1. The molecule has 0 spiro atoms. The van der Waals surface area contributed by atoms with Crippen LogP contribution in [0.15, 0.2) is 79.0 Å². The van der Waals surface area contributed by atoms with Crippen LogP contribution in [0.5, 0.6) is 11.5 Å². The summed E-state index contributed by atoms with van der Waals surface area (Å²) in [5.74, 6) is -0.604. The van der Waals surface area contributed by atoms with E-state index in [1.165, 1.54) is 41.6 Å². The first-order chi connectivity index (χ1) is 21.7. The van der Waals surface area contributed by atoms with Crippen molar-refractivity contribution < 1.29 is 42.6 Å². The molecule has 46 heavy (non-hydrogen) atoms. The zero-order valence-electron chi connectivity index (χ0n) is 25.2. The van der Waals surface area contributed by atoms with Gasteiger partial charge in [0.05, 0.1) is 10.4 Å². The molecule has 10 nitrogen and oxygen atoms in total. The number of β-amino-alcohol motifs (C(OH)–C–C–N with tert-alkyl or cyclic N) is 1. The molecule has 0 amide bonds. The molecule has 1 unspecified atom stereocenters. The molecule has 3 aromatic carbocycles. The van der Waals surface area contributed by atoms with Gasteiger partial charge in [0, 0.05) is 55.5 Å². The van der Waals surface area contributed by atoms with E-state index < -0.39 is 34.8 Å². The summed E-state index contributed by atoms with van der Waals surface area (Å²) in [5, 5.41) is 32.5. The van der Waals surface area contributed by atoms with Gasteiger partial charge >= 0.3 is 12.1 Å². The SMILES string of the molecule is CC(C)(Oc1ccccc1OC1CCN(CC(O)(c2cn(Cc3ccccc3)c3cc([N+](=O)[O-])ccc23)C(F)(F)F)CC1)C(=O)O. The second kappa shape index (κ2) is 12.6. The van der Waals surface area contributed by atoms with Crippen LogP contribution in [0.4, 0.5) is 18.9 Å². The van der Waals surface area contributed by atoms with Crippen molar-refractivity contribution in [1.82, 2.24) is 9.47 Å². The number of nitrogens with zero attached hydrogens (tertiary/aromatic N) is 3. The number of ether oxygens (including phenoxy) is 2. The monoisotopic (exact) mass is 641 g/mol. The van der Waals surface area contributed by atoms with E-state index in [1.54, 1.807) is 54.6 Å². The minimum atomic E-state index is -5.07. The standard InChI is InChI=1S/C33H34F3N3O7/c1-31(2,30(40)41)46-29-11-7-6-10-28(29)45-24-14-16-37(17-15-24)21-32(42,33(34,35)36)26-20-38(19-22-8-4-3-5-9-22)27-18-23(39(43)44)12-13-25(26)27/h3-13,18,20,24,42H,14-17,19,21H2,1-2H3,(H,40,41). The molecule has 0 bridgehead atoms. The maximum atomic E-state index is 14.8. The Morgan fingerprint density at radius 1 is 1.00 bits per heavy atom. The molecule has 1 aromatic heterocycles. The number of alkyl halides is 3. The number of carboxylic acids is 1. The average molecular weight is 642 g/mol. The van der Waals surface area contributed by atoms with E-state index in [4.69, 9.17) is 9.47 Å². The number of nitro benzene ring substituents is 1. The van der Waals surface area contributed by atoms with Crippen molar-refractivity contribution in [1.29, 1.82) is 0 Å². The number of benzene rings is 3. The number of hydrogen-bond donors (Lipinski definition) is 2. The van der Waals surface area contributed by atoms with Crippen LogP contribution in [0.2, 0.25) is 0 Å². The third kappa shape index (κ3) is 6.80. The molecule has 1 aliphatic rings. The highest BCUT2D eigenvalue weighted by Gasteiger charge is 2.57. The third-order valence-corrected chi connectivity index (χ3v) is 8.20. The van der Waals surface area contributed by atoms with E-state index >= 15 is 0 Å². The van der Waals surface area contributed by atoms with Gasteiger partial charge in [0.1, 0.15) is 6.10 Å². The fourth-order valence-electron chi connectivity index (χ4n) is 5.60. The zero-order chi connectivity index (χ0) is 33.3. The summed E-state index contributed by atoms with van der Waals surface area (Å²) >= 11 is 0. The van der Waals surface area contributed by atoms with Crippen LogP contribution in [-0.2, 0) is 16.9 Å². The Hall–Kier alpha value is -4.62. The second-order valence-corrected chi connectivity index (χ2v) is 11.9. The highest BCUT2D eigenvalue weighted by Crippen LogP contribution is 2.44. The number of aromatic nitrogens is 1. The van der Waals surface area contributed by atoms with Crippen molar-refractivity contribution in [3.8, 4) is 11.5 Å². The van der Waals surface area contributed by atoms with Crippen molar-refractivity contribution in [2.45, 2.75) is 56.7 Å². The summed E-state index contributed by atoms with van der Waals surface area (Å²) in [4.78, 5) is 24.0. The highest BCUT2D eigenvalue weighted by molar-refractivity contribution is 5.87. The van der Waals surface area contributed by atoms with Gasteiger partial charge < -0.3 is 24.3 Å². The maximum Gasteiger partial charge on any atom is 0.422 e. The van der Waals surface area contributed by atoms with Crippen molar-refractivity contribution in [2.75, 3.05) is 19.6 Å². The average Bonchev–Trinajstić information content (AvgIpc) is 3.36. The number of piperidine rings is 1. The molecule has 2 heterocycles. The third-order valence-electron chi connectivity index (χ3n) is 8.20. The van der Waals surface area contributed by atoms with Gasteiger partial charge in [0.15, 0.2) is 17.1 Å². The van der Waals surface area contributed by atoms with Crippen molar-refractivity contribution in [2.24, 2.45) is 0 Å². The number of hydrogen-bond acceptors (Lipinski definition) is 7. The first kappa shape index (κ1) is 32.8. The number of rotatable bonds is 11. The molecule has 5 rings (SSSR count). The predicted octanol–water partition coefficient (Wildman–Crippen LogP) is 6.13. The number of likely N-dealkylation sites (tertiary alicyclic amines) is 1. The lowest BCUT2D eigenvalue weighted by Crippen LogP contribution is -2.53. The van der Waals surface area contributed by atoms with Crippen molar-refractivity contribution in [3.63, 3.8) is 0 Å². The fourth-order valence-corrected chi connectivity index (χ4v) is 5.60. The number of carbonyl (C=O) groups is 1. The Bertz CT molecular complexity index is 1720. The van der Waals surface area contributed by atoms with E-state index in [1.807, 2.05) is 0 Å². The number of nitro groups is 1. The normalized spacial score (nSPS) is 16.2. The quantitative estimate of drug-likeness (QED) is 0.148. The van der Waals surface area contributed by atoms with Crippen LogP contribution < -0.4 is 9.47 Å². The van der Waals surface area contributed by atoms with E-state index in [0.717, 1.165) is 11.6 Å². The zero-order valence-corrected chi connectivity index (χ0v) is 25.2. The summed E-state index contributed by atoms with van der Waals surface area (Å²) in [6, 6.07) is 19.2. The molecular weight excluding hydrogens is 607 g/mol. The van der Waals surface area contributed by atoms with Crippen LogP contribution in [0.25, 0.3) is 10.9 Å². The van der Waals surface area contributed by atoms with E-state index in [-0.39, 0.29) is 53.6 Å². The predicted molar refractivity (Wildman–Crippen MR) is 163 cm³/mol. The number of non-ortho nitro benzene ring substituents is 1. The number of halogens is 3. The lowest BCUT2D eigenvalue weighted by atomic mass is 9.91. The van der Waals surface area contributed by atoms with Crippen molar-refractivity contribution >= 4 is 22.6 Å². The van der Waals surface area contributed by atoms with Crippen LogP contribution in [-0.4, -0.2) is 68.1 Å². The molecule has 1 atom stereocenters. The van der Waals surface area contributed by atoms with Crippen LogP contribution in [0.3, 0.4) is 0 Å². The molecule has 1 aliphatic heterocycles. The second-order valence-electron chi connectivity index (χ2n) is 11.9. The maximum absolute atomic E-state index is 14.8. The Balaban J connectivity index is 1.38. The van der Waals surface area contributed by atoms with Gasteiger partial charge in [0.2, 0.25) is 5.60 Å². The molecule has 1 fully saturated rings. The van der Waals surface area contributed by atoms with Crippen LogP contribution >= 0.6 is 0 Å². The topological polar surface area (TPSA) is 127 Å². The minimum Gasteiger partial charge on any atom is -0.486 e. The van der Waals surface area contributed by atoms with E-state index in [0.29, 0.717) is 18.6 Å². The molecule has 4 aromatic rings.